The van der Waals surface area contributed by atoms with E-state index in [-0.39, 0.29) is 43.5 Å². The molecule has 0 aliphatic carbocycles. The number of benzene rings is 10. The van der Waals surface area contributed by atoms with E-state index in [0.29, 0.717) is 0 Å². The second-order valence-corrected chi connectivity index (χ2v) is 25.7. The van der Waals surface area contributed by atoms with Gasteiger partial charge in [-0.25, -0.2) is 0 Å². The summed E-state index contributed by atoms with van der Waals surface area (Å²) in [5, 5.41) is 2.68. The molecule has 0 saturated heterocycles. The number of nitrogens with zero attached hydrogens (tertiary/aromatic N) is 5. The molecule has 4 aliphatic rings. The van der Waals surface area contributed by atoms with E-state index in [1.165, 1.54) is 127 Å². The van der Waals surface area contributed by atoms with Gasteiger partial charge in [0.1, 0.15) is 0 Å². The monoisotopic (exact) mass is 1090 g/mol. The highest BCUT2D eigenvalue weighted by molar-refractivity contribution is 7.26. The molecule has 0 fully saturated rings. The molecule has 1 unspecified atom stereocenters. The Kier molecular flexibility index (Phi) is 12.5. The van der Waals surface area contributed by atoms with E-state index in [0.717, 1.165) is 18.5 Å². The average molecular weight is 1090 g/mol. The van der Waals surface area contributed by atoms with E-state index in [1.54, 1.807) is 0 Å². The van der Waals surface area contributed by atoms with Crippen molar-refractivity contribution >= 4 is 140 Å². The molecule has 5 heterocycles. The van der Waals surface area contributed by atoms with Crippen LogP contribution in [0.25, 0.3) is 20.2 Å². The van der Waals surface area contributed by atoms with Crippen LogP contribution in [0.2, 0.25) is 0 Å². The highest BCUT2D eigenvalue weighted by Crippen LogP contribution is 2.49. The number of hydrogen-bond donors (Lipinski definition) is 0. The van der Waals surface area contributed by atoms with Gasteiger partial charge in [0, 0.05) is 102 Å². The van der Waals surface area contributed by atoms with Crippen LogP contribution >= 0.6 is 11.3 Å². The maximum absolute atomic E-state index is 2.67. The van der Waals surface area contributed by atoms with Gasteiger partial charge in [0.2, 0.25) is 6.71 Å². The van der Waals surface area contributed by atoms with Crippen molar-refractivity contribution in [2.24, 2.45) is 0 Å². The number of anilines is 11. The molecule has 406 valence electrons. The first-order valence-electron chi connectivity index (χ1n) is 30.3. The van der Waals surface area contributed by atoms with Crippen LogP contribution in [-0.2, 0) is 6.42 Å². The molecule has 83 heavy (non-hydrogen) atoms. The number of rotatable bonds is 10. The minimum absolute atomic E-state index is 0.00945. The van der Waals surface area contributed by atoms with E-state index in [9.17, 15) is 0 Å². The van der Waals surface area contributed by atoms with E-state index in [4.69, 9.17) is 0 Å². The van der Waals surface area contributed by atoms with Gasteiger partial charge in [0.15, 0.2) is 0 Å². The van der Waals surface area contributed by atoms with Crippen LogP contribution in [0, 0.1) is 0 Å². The maximum Gasteiger partial charge on any atom is 0.252 e. The minimum Gasteiger partial charge on any atom is -0.340 e. The topological polar surface area (TPSA) is 16.2 Å². The van der Waals surface area contributed by atoms with Crippen LogP contribution in [0.15, 0.2) is 218 Å². The second-order valence-electron chi connectivity index (χ2n) is 24.6. The lowest BCUT2D eigenvalue weighted by atomic mass is 9.32. The summed E-state index contributed by atoms with van der Waals surface area (Å²) in [6.45, 7) is 18.8. The van der Waals surface area contributed by atoms with Gasteiger partial charge in [-0.05, 0) is 202 Å². The Morgan fingerprint density at radius 1 is 0.410 bits per heavy atom. The zero-order valence-electron chi connectivity index (χ0n) is 48.9. The minimum atomic E-state index is 0.00945. The van der Waals surface area contributed by atoms with Crippen molar-refractivity contribution < 1.29 is 0 Å². The molecule has 0 bridgehead atoms. The van der Waals surface area contributed by atoms with Crippen LogP contribution in [0.3, 0.4) is 0 Å². The molecule has 0 saturated carbocycles. The molecule has 0 N–H and O–H groups in total. The molecular formula is C75H69B2N5S. The van der Waals surface area contributed by atoms with Crippen molar-refractivity contribution in [3.05, 3.63) is 235 Å². The van der Waals surface area contributed by atoms with Crippen molar-refractivity contribution in [2.75, 3.05) is 24.5 Å². The van der Waals surface area contributed by atoms with E-state index >= 15 is 0 Å². The van der Waals surface area contributed by atoms with E-state index in [1.807, 2.05) is 11.3 Å². The highest BCUT2D eigenvalue weighted by Gasteiger charge is 2.46. The highest BCUT2D eigenvalue weighted by atomic mass is 32.1. The average Bonchev–Trinajstić information content (AvgIpc) is 3.91. The van der Waals surface area contributed by atoms with E-state index in [2.05, 4.69) is 298 Å². The lowest BCUT2D eigenvalue weighted by Gasteiger charge is -2.46. The summed E-state index contributed by atoms with van der Waals surface area (Å²) < 4.78 is 2.67. The van der Waals surface area contributed by atoms with Gasteiger partial charge in [0.05, 0.1) is 0 Å². The summed E-state index contributed by atoms with van der Waals surface area (Å²) in [5.74, 6) is 0.191. The molecule has 0 radical (unpaired) electrons. The van der Waals surface area contributed by atoms with Gasteiger partial charge in [0.25, 0.3) is 6.71 Å². The number of para-hydroxylation sites is 5. The van der Waals surface area contributed by atoms with Crippen LogP contribution in [-0.4, -0.2) is 37.6 Å². The summed E-state index contributed by atoms with van der Waals surface area (Å²) in [5.41, 5.74) is 26.3. The van der Waals surface area contributed by atoms with Gasteiger partial charge in [-0.1, -0.05) is 144 Å². The van der Waals surface area contributed by atoms with Crippen molar-refractivity contribution in [3.63, 3.8) is 0 Å². The Bertz CT molecular complexity index is 4290. The SMILES string of the molecule is CC(C)N(c1ccccc1)c1cc2c3c(c1)N(C(C)C)c1ccccc1B3c1cc3c(cc1CCC2c1ccccc1)sc1cc2c(cc13)B1c3ccccc3N(C(C)C)c3cc(N(c4ccccc4)C(C)C)cc(c31)N2c1ccccc1. The largest absolute Gasteiger partial charge is 0.340 e. The van der Waals surface area contributed by atoms with Crippen LogP contribution in [0.4, 0.5) is 62.6 Å². The van der Waals surface area contributed by atoms with Crippen molar-refractivity contribution in [1.82, 2.24) is 0 Å². The van der Waals surface area contributed by atoms with E-state index < -0.39 is 0 Å². The Labute approximate surface area is 495 Å². The standard InChI is InChI=1S/C75H69B2N5S/c1-47(2)78(53-27-15-10-16-28-53)56-40-61-58(51-25-13-9-14-26-51)38-37-52-39-72-59(44-64(52)76-62-33-21-23-35-66(62)80(49(5)6)69(41-56)74(61)76)60-45-65-68(46-73(60)83-72)82(55-31-19-12-20-32-55)71-43-57(79(48(3)4)54-29-17-11-18-30-54)42-70-75(71)77(65)63-34-22-24-36-67(63)81(70)50(7)8/h9-36,39-50,58H,37-38H2,1-8H3. The van der Waals surface area contributed by atoms with Gasteiger partial charge < -0.3 is 24.5 Å². The number of hydrogen-bond acceptors (Lipinski definition) is 6. The van der Waals surface area contributed by atoms with Gasteiger partial charge in [-0.2, -0.15) is 0 Å². The van der Waals surface area contributed by atoms with Crippen molar-refractivity contribution in [2.45, 2.75) is 98.3 Å². The predicted octanol–water partition coefficient (Wildman–Crippen LogP) is 15.8. The summed E-state index contributed by atoms with van der Waals surface area (Å²) in [6.07, 6.45) is 1.97. The molecule has 1 atom stereocenters. The molecular weight excluding hydrogens is 1020 g/mol. The smallest absolute Gasteiger partial charge is 0.252 e. The third kappa shape index (κ3) is 8.18. The van der Waals surface area contributed by atoms with Gasteiger partial charge >= 0.3 is 0 Å². The quantitative estimate of drug-likeness (QED) is 0.127. The molecule has 0 spiro atoms. The fourth-order valence-corrected chi connectivity index (χ4v) is 16.4. The van der Waals surface area contributed by atoms with Crippen LogP contribution in [0.1, 0.15) is 84.4 Å². The van der Waals surface area contributed by atoms with Gasteiger partial charge in [-0.3, -0.25) is 0 Å². The summed E-state index contributed by atoms with van der Waals surface area (Å²) in [7, 11) is 0. The zero-order chi connectivity index (χ0) is 56.4. The molecule has 0 amide bonds. The number of aryl methyl sites for hydroxylation is 1. The Hall–Kier alpha value is -8.45. The fraction of sp³-hybridized carbons (Fsp3) is 0.200. The Morgan fingerprint density at radius 2 is 0.880 bits per heavy atom. The second kappa shape index (κ2) is 20.2. The first-order valence-corrected chi connectivity index (χ1v) is 31.1. The molecule has 4 aliphatic heterocycles. The Balaban J connectivity index is 0.995. The molecule has 5 nitrogen and oxygen atoms in total. The normalized spacial score (nSPS) is 14.8. The fourth-order valence-electron chi connectivity index (χ4n) is 15.2. The van der Waals surface area contributed by atoms with Gasteiger partial charge in [-0.15, -0.1) is 11.3 Å². The summed E-state index contributed by atoms with van der Waals surface area (Å²) >= 11 is 1.97. The lowest BCUT2D eigenvalue weighted by molar-refractivity contribution is 0.715. The third-order valence-electron chi connectivity index (χ3n) is 18.4. The first kappa shape index (κ1) is 51.4. The zero-order valence-corrected chi connectivity index (χ0v) is 49.7. The molecule has 11 aromatic rings. The maximum atomic E-state index is 2.67. The summed E-state index contributed by atoms with van der Waals surface area (Å²) in [6, 6.07) is 84.7. The molecule has 1 aromatic heterocycles. The third-order valence-corrected chi connectivity index (χ3v) is 19.5. The Morgan fingerprint density at radius 3 is 1.45 bits per heavy atom. The molecule has 8 heteroatoms. The number of fused-ring (bicyclic) bond motifs is 11. The summed E-state index contributed by atoms with van der Waals surface area (Å²) in [4.78, 5) is 12.9. The first-order chi connectivity index (χ1) is 40.5. The molecule has 10 aromatic carbocycles. The predicted molar refractivity (Wildman–Crippen MR) is 361 cm³/mol. The molecule has 15 rings (SSSR count). The van der Waals surface area contributed by atoms with Crippen molar-refractivity contribution in [3.8, 4) is 0 Å². The van der Waals surface area contributed by atoms with Crippen LogP contribution in [0.5, 0.6) is 0 Å². The van der Waals surface area contributed by atoms with Crippen LogP contribution < -0.4 is 57.3 Å². The number of thiophene rings is 1. The lowest BCUT2D eigenvalue weighted by Crippen LogP contribution is -2.62. The van der Waals surface area contributed by atoms with Crippen molar-refractivity contribution in [1.29, 1.82) is 0 Å².